The Morgan fingerprint density at radius 2 is 0.660 bits per heavy atom. The maximum absolute atomic E-state index is 11.8. The van der Waals surface area contributed by atoms with E-state index in [0.717, 1.165) is 67.5 Å². The largest absolute Gasteiger partial charge is 0.298 e. The van der Waals surface area contributed by atoms with Gasteiger partial charge < -0.3 is 0 Å². The minimum absolute atomic E-state index is 0.563. The molecule has 50 heavy (non-hydrogen) atoms. The molecular formula is C48H26O2. The summed E-state index contributed by atoms with van der Waals surface area (Å²) in [5.41, 5.74) is 7.44. The molecule has 0 heterocycles. The number of hydrogen-bond acceptors (Lipinski definition) is 2. The maximum Gasteiger partial charge on any atom is 0.151 e. The molecule has 0 bridgehead atoms. The Morgan fingerprint density at radius 1 is 0.320 bits per heavy atom. The number of fused-ring (bicyclic) bond motifs is 2. The molecular weight excluding hydrogens is 609 g/mol. The van der Waals surface area contributed by atoms with Gasteiger partial charge in [0, 0.05) is 55.6 Å². The zero-order valence-electron chi connectivity index (χ0n) is 26.8. The SMILES string of the molecule is O=Cc1ccc2ccccc2c1C#Cc1ccccc1C#Cc1ccc(C#Cc2ccccc2C#Cc2c(C=O)ccc3ccccc23)cc1. The van der Waals surface area contributed by atoms with E-state index in [1.165, 1.54) is 0 Å². The molecule has 0 saturated heterocycles. The van der Waals surface area contributed by atoms with Crippen LogP contribution < -0.4 is 0 Å². The fourth-order valence-electron chi connectivity index (χ4n) is 5.63. The molecule has 0 aliphatic rings. The highest BCUT2D eigenvalue weighted by Crippen LogP contribution is 2.23. The Balaban J connectivity index is 1.12. The predicted octanol–water partition coefficient (Wildman–Crippen LogP) is 9.22. The molecule has 7 aromatic rings. The van der Waals surface area contributed by atoms with E-state index in [2.05, 4.69) is 47.4 Å². The van der Waals surface area contributed by atoms with Gasteiger partial charge in [0.2, 0.25) is 0 Å². The van der Waals surface area contributed by atoms with Gasteiger partial charge in [-0.1, -0.05) is 132 Å². The van der Waals surface area contributed by atoms with Gasteiger partial charge in [0.1, 0.15) is 0 Å². The van der Waals surface area contributed by atoms with Gasteiger partial charge in [-0.3, -0.25) is 9.59 Å². The average molecular weight is 635 g/mol. The first-order valence-electron chi connectivity index (χ1n) is 16.0. The summed E-state index contributed by atoms with van der Waals surface area (Å²) in [5.74, 6) is 26.0. The summed E-state index contributed by atoms with van der Waals surface area (Å²) in [6.45, 7) is 0. The van der Waals surface area contributed by atoms with Gasteiger partial charge in [-0.2, -0.15) is 0 Å². The average Bonchev–Trinajstić information content (AvgIpc) is 3.18. The van der Waals surface area contributed by atoms with Gasteiger partial charge in [0.25, 0.3) is 0 Å². The van der Waals surface area contributed by atoms with Crippen LogP contribution in [-0.2, 0) is 0 Å². The summed E-state index contributed by atoms with van der Waals surface area (Å²) in [6, 6.07) is 46.6. The lowest BCUT2D eigenvalue weighted by Gasteiger charge is -2.03. The van der Waals surface area contributed by atoms with Crippen LogP contribution in [0.25, 0.3) is 21.5 Å². The van der Waals surface area contributed by atoms with Crippen LogP contribution in [0.4, 0.5) is 0 Å². The molecule has 0 unspecified atom stereocenters. The third-order valence-electron chi connectivity index (χ3n) is 8.24. The van der Waals surface area contributed by atoms with Gasteiger partial charge >= 0.3 is 0 Å². The second-order valence-corrected chi connectivity index (χ2v) is 11.4. The van der Waals surface area contributed by atoms with Gasteiger partial charge in [-0.05, 0) is 82.2 Å². The number of carbonyl (C=O) groups is 2. The van der Waals surface area contributed by atoms with E-state index in [1.807, 2.05) is 146 Å². The second-order valence-electron chi connectivity index (χ2n) is 11.4. The van der Waals surface area contributed by atoms with Crippen LogP contribution in [0.1, 0.15) is 65.2 Å². The lowest BCUT2D eigenvalue weighted by Crippen LogP contribution is -1.90. The maximum atomic E-state index is 11.8. The highest BCUT2D eigenvalue weighted by molar-refractivity contribution is 5.97. The molecule has 2 heteroatoms. The smallest absolute Gasteiger partial charge is 0.151 e. The summed E-state index contributed by atoms with van der Waals surface area (Å²) >= 11 is 0. The van der Waals surface area contributed by atoms with Crippen LogP contribution in [0, 0.1) is 47.4 Å². The molecule has 0 saturated carbocycles. The van der Waals surface area contributed by atoms with Crippen molar-refractivity contribution in [3.63, 3.8) is 0 Å². The van der Waals surface area contributed by atoms with Crippen molar-refractivity contribution in [2.45, 2.75) is 0 Å². The molecule has 7 aromatic carbocycles. The van der Waals surface area contributed by atoms with Crippen molar-refractivity contribution < 1.29 is 9.59 Å². The Bertz CT molecular complexity index is 2510. The van der Waals surface area contributed by atoms with Crippen molar-refractivity contribution in [1.82, 2.24) is 0 Å². The monoisotopic (exact) mass is 634 g/mol. The molecule has 0 radical (unpaired) electrons. The highest BCUT2D eigenvalue weighted by atomic mass is 16.1. The first-order valence-corrected chi connectivity index (χ1v) is 16.0. The number of rotatable bonds is 2. The van der Waals surface area contributed by atoms with Gasteiger partial charge in [0.15, 0.2) is 12.6 Å². The molecule has 2 nitrogen and oxygen atoms in total. The van der Waals surface area contributed by atoms with Crippen LogP contribution >= 0.6 is 0 Å². The Hall–Kier alpha value is -7.36. The van der Waals surface area contributed by atoms with Crippen LogP contribution in [-0.4, -0.2) is 12.6 Å². The fraction of sp³-hybridized carbons (Fsp3) is 0. The van der Waals surface area contributed by atoms with Gasteiger partial charge in [-0.25, -0.2) is 0 Å². The van der Waals surface area contributed by atoms with Crippen LogP contribution in [0.15, 0.2) is 146 Å². The predicted molar refractivity (Wildman–Crippen MR) is 202 cm³/mol. The number of aldehydes is 2. The molecule has 0 amide bonds. The van der Waals surface area contributed by atoms with Crippen molar-refractivity contribution in [1.29, 1.82) is 0 Å². The van der Waals surface area contributed by atoms with E-state index in [-0.39, 0.29) is 0 Å². The third-order valence-corrected chi connectivity index (χ3v) is 8.24. The second kappa shape index (κ2) is 14.6. The van der Waals surface area contributed by atoms with Crippen LogP contribution in [0.2, 0.25) is 0 Å². The molecule has 0 atom stereocenters. The first-order chi connectivity index (χ1) is 24.7. The Kier molecular flexibility index (Phi) is 9.12. The number of carbonyl (C=O) groups excluding carboxylic acids is 2. The van der Waals surface area contributed by atoms with Crippen LogP contribution in [0.5, 0.6) is 0 Å². The zero-order chi connectivity index (χ0) is 34.1. The van der Waals surface area contributed by atoms with Crippen molar-refractivity contribution in [2.24, 2.45) is 0 Å². The van der Waals surface area contributed by atoms with Crippen LogP contribution in [0.3, 0.4) is 0 Å². The summed E-state index contributed by atoms with van der Waals surface area (Å²) in [5, 5.41) is 3.96. The molecule has 7 rings (SSSR count). The van der Waals surface area contributed by atoms with E-state index in [4.69, 9.17) is 0 Å². The van der Waals surface area contributed by atoms with Crippen molar-refractivity contribution >= 4 is 34.1 Å². The quantitative estimate of drug-likeness (QED) is 0.140. The van der Waals surface area contributed by atoms with Crippen molar-refractivity contribution in [2.75, 3.05) is 0 Å². The van der Waals surface area contributed by atoms with E-state index < -0.39 is 0 Å². The van der Waals surface area contributed by atoms with E-state index >= 15 is 0 Å². The zero-order valence-corrected chi connectivity index (χ0v) is 26.8. The summed E-state index contributed by atoms with van der Waals surface area (Å²) in [7, 11) is 0. The van der Waals surface area contributed by atoms with Gasteiger partial charge in [-0.15, -0.1) is 0 Å². The lowest BCUT2D eigenvalue weighted by atomic mass is 9.99. The Morgan fingerprint density at radius 3 is 1.04 bits per heavy atom. The minimum Gasteiger partial charge on any atom is -0.298 e. The molecule has 0 aromatic heterocycles. The Labute approximate surface area is 291 Å². The standard InChI is InChI=1S/C48H26O2/c49-33-43-27-25-41-13-5-7-15-45(41)47(43)31-29-39-11-3-1-9-37(39)23-21-35-17-19-36(20-18-35)22-24-38-10-2-4-12-40(38)30-32-48-44(34-50)28-26-42-14-6-8-16-46(42)48/h1-20,25-28,33-34H. The highest BCUT2D eigenvalue weighted by Gasteiger charge is 2.06. The number of benzene rings is 7. The molecule has 0 aliphatic heterocycles. The molecule has 0 fully saturated rings. The van der Waals surface area contributed by atoms with Crippen molar-refractivity contribution in [3.05, 3.63) is 201 Å². The minimum atomic E-state index is 0.563. The topological polar surface area (TPSA) is 34.1 Å². The molecule has 0 spiro atoms. The van der Waals surface area contributed by atoms with E-state index in [0.29, 0.717) is 22.3 Å². The fourth-order valence-corrected chi connectivity index (χ4v) is 5.63. The molecule has 0 aliphatic carbocycles. The van der Waals surface area contributed by atoms with E-state index in [9.17, 15) is 9.59 Å². The number of hydrogen-bond donors (Lipinski definition) is 0. The van der Waals surface area contributed by atoms with Crippen molar-refractivity contribution in [3.8, 4) is 47.4 Å². The normalized spacial score (nSPS) is 9.92. The third kappa shape index (κ3) is 6.84. The summed E-state index contributed by atoms with van der Waals surface area (Å²) in [4.78, 5) is 23.6. The first kappa shape index (κ1) is 31.3. The molecule has 0 N–H and O–H groups in total. The summed E-state index contributed by atoms with van der Waals surface area (Å²) in [6.07, 6.45) is 1.70. The van der Waals surface area contributed by atoms with E-state index in [1.54, 1.807) is 0 Å². The summed E-state index contributed by atoms with van der Waals surface area (Å²) < 4.78 is 0. The lowest BCUT2D eigenvalue weighted by molar-refractivity contribution is 0.111. The molecule has 230 valence electrons. The van der Waals surface area contributed by atoms with Gasteiger partial charge in [0.05, 0.1) is 0 Å².